The van der Waals surface area contributed by atoms with Crippen LogP contribution >= 0.6 is 0 Å². The van der Waals surface area contributed by atoms with Crippen molar-refractivity contribution in [3.05, 3.63) is 29.9 Å². The number of aromatic nitrogens is 2. The van der Waals surface area contributed by atoms with Crippen molar-refractivity contribution in [2.45, 2.75) is 179 Å². The summed E-state index contributed by atoms with van der Waals surface area (Å²) in [6, 6.07) is -0.558. The number of nitrogens with two attached hydrogens (primary N) is 1. The maximum atomic E-state index is 14.6. The van der Waals surface area contributed by atoms with Crippen molar-refractivity contribution in [3.8, 4) is 11.8 Å². The van der Waals surface area contributed by atoms with Crippen LogP contribution in [-0.2, 0) is 19.1 Å². The number of carbonyl (C=O) groups excluding carboxylic acids is 1. The zero-order chi connectivity index (χ0) is 51.2. The highest BCUT2D eigenvalue weighted by Gasteiger charge is 2.78. The van der Waals surface area contributed by atoms with Gasteiger partial charge in [0.15, 0.2) is 6.29 Å². The Labute approximate surface area is 424 Å². The van der Waals surface area contributed by atoms with E-state index in [1.807, 2.05) is 6.92 Å². The van der Waals surface area contributed by atoms with Gasteiger partial charge in [0, 0.05) is 60.0 Å². The average Bonchev–Trinajstić information content (AvgIpc) is 4.03. The lowest BCUT2D eigenvalue weighted by Crippen LogP contribution is -2.76. The van der Waals surface area contributed by atoms with Gasteiger partial charge in [-0.2, -0.15) is 0 Å². The average molecular weight is 1010 g/mol. The van der Waals surface area contributed by atoms with Gasteiger partial charge in [-0.3, -0.25) is 9.59 Å². The van der Waals surface area contributed by atoms with E-state index in [1.165, 1.54) is 5.57 Å². The molecule has 16 heteroatoms. The van der Waals surface area contributed by atoms with Gasteiger partial charge in [0.25, 0.3) is 0 Å². The maximum Gasteiger partial charge on any atom is 0.310 e. The Morgan fingerprint density at radius 3 is 2.40 bits per heavy atom. The van der Waals surface area contributed by atoms with E-state index in [1.54, 1.807) is 12.5 Å². The first-order valence-electron chi connectivity index (χ1n) is 27.7. The molecule has 21 atom stereocenters. The van der Waals surface area contributed by atoms with E-state index < -0.39 is 112 Å². The van der Waals surface area contributed by atoms with Crippen LogP contribution in [0.25, 0.3) is 0 Å². The summed E-state index contributed by atoms with van der Waals surface area (Å²) in [5.74, 6) is 2.59. The number of nitrogens with zero attached hydrogens (tertiary/aromatic N) is 1. The van der Waals surface area contributed by atoms with Crippen LogP contribution in [-0.4, -0.2) is 139 Å². The third-order valence-electron chi connectivity index (χ3n) is 22.5. The van der Waals surface area contributed by atoms with Crippen LogP contribution in [0, 0.1) is 91.7 Å². The number of aliphatic hydroxyl groups excluding tert-OH is 7. The number of fused-ring (bicyclic) bond motifs is 2. The highest BCUT2D eigenvalue weighted by molar-refractivity contribution is 5.82. The molecule has 3 heterocycles. The molecule has 10 rings (SSSR count). The summed E-state index contributed by atoms with van der Waals surface area (Å²) in [5.41, 5.74) is 3.98. The molecule has 400 valence electrons. The molecule has 0 radical (unpaired) electrons. The lowest BCUT2D eigenvalue weighted by Gasteiger charge is -2.77. The lowest BCUT2D eigenvalue weighted by molar-refractivity contribution is -0.353. The lowest BCUT2D eigenvalue weighted by atomic mass is 9.28. The van der Waals surface area contributed by atoms with Crippen LogP contribution in [0.2, 0.25) is 0 Å². The highest BCUT2D eigenvalue weighted by Crippen LogP contribution is 2.80. The molecule has 4 bridgehead atoms. The van der Waals surface area contributed by atoms with Gasteiger partial charge in [0.1, 0.15) is 18.3 Å². The minimum Gasteiger partial charge on any atom is -0.481 e. The summed E-state index contributed by atoms with van der Waals surface area (Å²) in [6.45, 7) is 5.80. The smallest absolute Gasteiger partial charge is 0.310 e. The molecule has 1 spiro atoms. The van der Waals surface area contributed by atoms with E-state index in [0.29, 0.717) is 77.2 Å². The number of aliphatic hydroxyl groups is 7. The number of H-pyrrole nitrogens is 1. The number of aliphatic carboxylic acids is 1. The summed E-state index contributed by atoms with van der Waals surface area (Å²) in [4.78, 5) is 36.1. The second-order valence-electron chi connectivity index (χ2n) is 25.3. The molecular weight excluding hydrogens is 921 g/mol. The van der Waals surface area contributed by atoms with Crippen molar-refractivity contribution in [1.82, 2.24) is 15.3 Å². The first kappa shape index (κ1) is 52.5. The second kappa shape index (κ2) is 19.6. The number of aromatic amines is 1. The van der Waals surface area contributed by atoms with E-state index in [9.17, 15) is 50.4 Å². The fourth-order valence-electron chi connectivity index (χ4n) is 19.0. The normalized spacial score (nSPS) is 48.5. The van der Waals surface area contributed by atoms with Gasteiger partial charge in [-0.25, -0.2) is 4.98 Å². The Bertz CT molecular complexity index is 2250. The van der Waals surface area contributed by atoms with Crippen molar-refractivity contribution in [3.63, 3.8) is 0 Å². The molecule has 7 aliphatic carbocycles. The van der Waals surface area contributed by atoms with Crippen molar-refractivity contribution in [2.24, 2.45) is 85.6 Å². The van der Waals surface area contributed by atoms with E-state index in [4.69, 9.17) is 15.2 Å². The van der Waals surface area contributed by atoms with Gasteiger partial charge in [0.2, 0.25) is 5.91 Å². The number of ether oxygens (including phenoxy) is 2. The van der Waals surface area contributed by atoms with Gasteiger partial charge in [-0.15, -0.1) is 5.92 Å². The predicted octanol–water partition coefficient (Wildman–Crippen LogP) is 3.76. The quantitative estimate of drug-likeness (QED) is 0.0763. The van der Waals surface area contributed by atoms with Crippen LogP contribution in [0.3, 0.4) is 0 Å². The zero-order valence-corrected chi connectivity index (χ0v) is 42.8. The third kappa shape index (κ3) is 7.61. The van der Waals surface area contributed by atoms with Gasteiger partial charge in [-0.05, 0) is 135 Å². The molecule has 9 aliphatic rings. The minimum absolute atomic E-state index is 0.0223. The summed E-state index contributed by atoms with van der Waals surface area (Å²) in [5, 5.41) is 96.5. The van der Waals surface area contributed by atoms with E-state index >= 15 is 0 Å². The van der Waals surface area contributed by atoms with Crippen LogP contribution < -0.4 is 11.1 Å². The Hall–Kier alpha value is -2.95. The molecule has 2 aliphatic heterocycles. The molecule has 1 aromatic rings. The number of rotatable bonds is 13. The minimum atomic E-state index is -1.67. The topological polar surface area (TPSA) is 281 Å². The number of nitrogens with one attached hydrogen (secondary N) is 2. The molecule has 5 saturated carbocycles. The Balaban J connectivity index is 1.23. The van der Waals surface area contributed by atoms with Crippen molar-refractivity contribution >= 4 is 11.9 Å². The molecule has 7 fully saturated rings. The number of carboxylic acids is 1. The van der Waals surface area contributed by atoms with Crippen LogP contribution in [0.15, 0.2) is 24.2 Å². The Morgan fingerprint density at radius 2 is 1.72 bits per heavy atom. The molecular formula is C56H84N4O12. The van der Waals surface area contributed by atoms with Crippen molar-refractivity contribution in [1.29, 1.82) is 0 Å². The zero-order valence-electron chi connectivity index (χ0n) is 42.8. The van der Waals surface area contributed by atoms with Crippen LogP contribution in [0.5, 0.6) is 0 Å². The van der Waals surface area contributed by atoms with E-state index in [0.717, 1.165) is 44.2 Å². The van der Waals surface area contributed by atoms with Gasteiger partial charge >= 0.3 is 5.97 Å². The summed E-state index contributed by atoms with van der Waals surface area (Å²) < 4.78 is 12.9. The number of amides is 1. The fourth-order valence-corrected chi connectivity index (χ4v) is 19.0. The monoisotopic (exact) mass is 1000 g/mol. The first-order chi connectivity index (χ1) is 34.5. The number of carboxylic acid groups (broad SMARTS) is 1. The van der Waals surface area contributed by atoms with Crippen molar-refractivity contribution < 1.29 is 59.9 Å². The molecule has 72 heavy (non-hydrogen) atoms. The Kier molecular flexibility index (Phi) is 14.3. The van der Waals surface area contributed by atoms with Gasteiger partial charge in [-0.1, -0.05) is 57.6 Å². The van der Waals surface area contributed by atoms with E-state index in [-0.39, 0.29) is 55.3 Å². The first-order valence-corrected chi connectivity index (χ1v) is 27.7. The van der Waals surface area contributed by atoms with Gasteiger partial charge < -0.3 is 66.4 Å². The van der Waals surface area contributed by atoms with Crippen LogP contribution in [0.1, 0.15) is 142 Å². The molecule has 0 aromatic carbocycles. The standard InChI is InChI=1S/C56H84N4O12/c1-51(28-62)19-20-54(50(69)70)21-22-55-17-8-7-12-33(41-34(26-61)48(68)60-43(41)32(13-9-23-57)37-25-58-30-59-37)42-45(66)47(72-49-46(67)44(65)38(64)27-71-49)52(2,29-63)39-16-18-53(55,3)40(15-14-35(55)36(54)24-51)56(39,42)31-10-5-4-6-11-31/h14,25,30-34,36,38-47,49,61-67H,4-6,8-11,13,15-24,26-29,57H2,1-3H3,(H,58,59)(H,60,68)(H,69,70). The van der Waals surface area contributed by atoms with Crippen LogP contribution in [0.4, 0.5) is 0 Å². The maximum absolute atomic E-state index is 14.6. The summed E-state index contributed by atoms with van der Waals surface area (Å²) in [7, 11) is 0. The largest absolute Gasteiger partial charge is 0.481 e. The predicted molar refractivity (Wildman–Crippen MR) is 264 cm³/mol. The highest BCUT2D eigenvalue weighted by atomic mass is 16.7. The molecule has 1 amide bonds. The molecule has 21 unspecified atom stereocenters. The number of hydrogen-bond donors (Lipinski definition) is 11. The molecule has 2 saturated heterocycles. The summed E-state index contributed by atoms with van der Waals surface area (Å²) in [6.07, 6.45) is 9.24. The van der Waals surface area contributed by atoms with Crippen molar-refractivity contribution in [2.75, 3.05) is 33.0 Å². The number of allylic oxidation sites excluding steroid dienone is 2. The van der Waals surface area contributed by atoms with Gasteiger partial charge in [0.05, 0.1) is 49.7 Å². The molecule has 12 N–H and O–H groups in total. The number of imidazole rings is 1. The molecule has 1 aromatic heterocycles. The second-order valence-corrected chi connectivity index (χ2v) is 25.3. The Morgan fingerprint density at radius 1 is 0.958 bits per heavy atom. The third-order valence-corrected chi connectivity index (χ3v) is 22.5. The number of hydrogen-bond acceptors (Lipinski definition) is 13. The number of carbonyl (C=O) groups is 2. The van der Waals surface area contributed by atoms with E-state index in [2.05, 4.69) is 47.0 Å². The SMILES string of the molecule is CC1(CO)CCC2(C(=O)O)CCC34CCC#CC(C5C(CO)C(=O)NC5C(CCCN)c5cnc[nH]5)C5C(O)C(OC6OCC(O)C(O)C6O)C(C)(CO)C6CCC3(C)C(CC=C4C2C1)C56C1CCCCC1. The molecule has 16 nitrogen and oxygen atoms in total. The fraction of sp³-hybridized carbons (Fsp3) is 0.839. The summed E-state index contributed by atoms with van der Waals surface area (Å²) >= 11 is 0.